The average Bonchev–Trinajstić information content (AvgIpc) is 3.22. The zero-order valence-corrected chi connectivity index (χ0v) is 12.6. The molecule has 0 spiro atoms. The third-order valence-corrected chi connectivity index (χ3v) is 4.53. The molecule has 0 saturated carbocycles. The van der Waals surface area contributed by atoms with Crippen molar-refractivity contribution in [3.63, 3.8) is 0 Å². The molecule has 1 N–H and O–H groups in total. The number of fused-ring (bicyclic) bond motifs is 1. The summed E-state index contributed by atoms with van der Waals surface area (Å²) in [6, 6.07) is 12.1. The van der Waals surface area contributed by atoms with Gasteiger partial charge in [0.25, 0.3) is 0 Å². The molecule has 5 nitrogen and oxygen atoms in total. The molecule has 0 amide bonds. The fraction of sp³-hybridized carbons (Fsp3) is 0.188. The summed E-state index contributed by atoms with van der Waals surface area (Å²) in [7, 11) is 0. The van der Waals surface area contributed by atoms with Crippen molar-refractivity contribution in [2.45, 2.75) is 17.1 Å². The van der Waals surface area contributed by atoms with Gasteiger partial charge in [-0.15, -0.1) is 11.8 Å². The number of rotatable bonds is 4. The van der Waals surface area contributed by atoms with Gasteiger partial charge in [0.05, 0.1) is 5.75 Å². The average molecular weight is 310 g/mol. The fourth-order valence-electron chi connectivity index (χ4n) is 2.50. The van der Waals surface area contributed by atoms with Gasteiger partial charge in [-0.05, 0) is 24.6 Å². The molecule has 0 radical (unpaired) electrons. The van der Waals surface area contributed by atoms with Gasteiger partial charge >= 0.3 is 0 Å². The van der Waals surface area contributed by atoms with Crippen molar-refractivity contribution in [3.05, 3.63) is 54.0 Å². The van der Waals surface area contributed by atoms with Gasteiger partial charge in [0.1, 0.15) is 5.82 Å². The van der Waals surface area contributed by atoms with Crippen LogP contribution in [0.3, 0.4) is 0 Å². The van der Waals surface area contributed by atoms with Gasteiger partial charge in [-0.25, -0.2) is 4.98 Å². The predicted octanol–water partition coefficient (Wildman–Crippen LogP) is 3.39. The van der Waals surface area contributed by atoms with E-state index in [9.17, 15) is 0 Å². The monoisotopic (exact) mass is 310 g/mol. The highest BCUT2D eigenvalue weighted by atomic mass is 32.2. The highest BCUT2D eigenvalue weighted by molar-refractivity contribution is 7.98. The van der Waals surface area contributed by atoms with E-state index >= 15 is 0 Å². The zero-order valence-electron chi connectivity index (χ0n) is 11.8. The molecule has 0 aliphatic carbocycles. The number of thioether (sulfide) groups is 1. The van der Waals surface area contributed by atoms with Crippen LogP contribution in [-0.2, 0) is 12.2 Å². The number of benzene rings is 1. The Morgan fingerprint density at radius 3 is 3.00 bits per heavy atom. The normalized spacial score (nSPS) is 12.9. The topological polar surface area (TPSA) is 63.8 Å². The van der Waals surface area contributed by atoms with Gasteiger partial charge in [0.15, 0.2) is 0 Å². The number of aromatic nitrogens is 3. The van der Waals surface area contributed by atoms with E-state index in [4.69, 9.17) is 4.52 Å². The molecule has 3 heterocycles. The van der Waals surface area contributed by atoms with Crippen LogP contribution in [0.2, 0.25) is 0 Å². The second-order valence-corrected chi connectivity index (χ2v) is 6.02. The molecule has 1 aromatic carbocycles. The minimum atomic E-state index is 0.639. The molecule has 3 aromatic rings. The van der Waals surface area contributed by atoms with E-state index in [0.717, 1.165) is 24.3 Å². The van der Waals surface area contributed by atoms with E-state index in [1.807, 2.05) is 24.3 Å². The van der Waals surface area contributed by atoms with Crippen LogP contribution in [0.15, 0.2) is 52.0 Å². The van der Waals surface area contributed by atoms with Crippen LogP contribution in [0.1, 0.15) is 11.5 Å². The van der Waals surface area contributed by atoms with Crippen molar-refractivity contribution in [3.8, 4) is 11.4 Å². The van der Waals surface area contributed by atoms with Gasteiger partial charge in [0.2, 0.25) is 11.7 Å². The predicted molar refractivity (Wildman–Crippen MR) is 85.7 cm³/mol. The lowest BCUT2D eigenvalue weighted by Crippen LogP contribution is -1.92. The third kappa shape index (κ3) is 2.57. The number of nitrogens with zero attached hydrogens (tertiary/aromatic N) is 3. The number of nitrogens with one attached hydrogen (secondary N) is 1. The minimum Gasteiger partial charge on any atom is -0.369 e. The lowest BCUT2D eigenvalue weighted by Gasteiger charge is -2.01. The fourth-order valence-corrected chi connectivity index (χ4v) is 3.25. The molecule has 2 aromatic heterocycles. The van der Waals surface area contributed by atoms with E-state index in [2.05, 4.69) is 32.6 Å². The zero-order chi connectivity index (χ0) is 14.8. The first kappa shape index (κ1) is 13.3. The van der Waals surface area contributed by atoms with Crippen molar-refractivity contribution in [2.75, 3.05) is 11.9 Å². The largest absolute Gasteiger partial charge is 0.369 e. The summed E-state index contributed by atoms with van der Waals surface area (Å²) in [6.07, 6.45) is 2.72. The molecule has 0 bridgehead atoms. The van der Waals surface area contributed by atoms with Gasteiger partial charge in [0, 0.05) is 28.8 Å². The van der Waals surface area contributed by atoms with E-state index in [0.29, 0.717) is 17.5 Å². The summed E-state index contributed by atoms with van der Waals surface area (Å²) in [5.41, 5.74) is 2.18. The quantitative estimate of drug-likeness (QED) is 0.745. The summed E-state index contributed by atoms with van der Waals surface area (Å²) < 4.78 is 5.38. The van der Waals surface area contributed by atoms with Crippen molar-refractivity contribution >= 4 is 17.6 Å². The number of hydrogen-bond donors (Lipinski definition) is 1. The van der Waals surface area contributed by atoms with E-state index in [1.165, 1.54) is 10.5 Å². The van der Waals surface area contributed by atoms with E-state index in [-0.39, 0.29) is 0 Å². The second-order valence-electron chi connectivity index (χ2n) is 4.98. The smallest absolute Gasteiger partial charge is 0.237 e. The first-order chi connectivity index (χ1) is 10.9. The summed E-state index contributed by atoms with van der Waals surface area (Å²) in [6.45, 7) is 0.911. The van der Waals surface area contributed by atoms with Crippen LogP contribution >= 0.6 is 11.8 Å². The molecular formula is C16H14N4OS. The Bertz CT molecular complexity index is 788. The SMILES string of the molecule is c1ccc(SCc2nc(-c3ccnc4c3CCN4)no2)cc1. The molecule has 0 saturated heterocycles. The molecule has 0 unspecified atom stereocenters. The van der Waals surface area contributed by atoms with Crippen LogP contribution in [0.5, 0.6) is 0 Å². The molecule has 1 aliphatic rings. The number of pyridine rings is 1. The standard InChI is InChI=1S/C16H14N4OS/c1-2-4-11(5-3-1)22-10-14-19-16(20-21-14)13-7-9-18-15-12(13)6-8-17-15/h1-5,7,9H,6,8,10H2,(H,17,18). The number of hydrogen-bond acceptors (Lipinski definition) is 6. The Balaban J connectivity index is 1.54. The maximum atomic E-state index is 5.38. The maximum absolute atomic E-state index is 5.38. The molecule has 6 heteroatoms. The first-order valence-electron chi connectivity index (χ1n) is 7.13. The molecule has 0 atom stereocenters. The Kier molecular flexibility index (Phi) is 3.52. The molecule has 22 heavy (non-hydrogen) atoms. The summed E-state index contributed by atoms with van der Waals surface area (Å²) >= 11 is 1.69. The molecular weight excluding hydrogens is 296 g/mol. The van der Waals surface area contributed by atoms with E-state index in [1.54, 1.807) is 18.0 Å². The molecule has 110 valence electrons. The number of anilines is 1. The van der Waals surface area contributed by atoms with Crippen molar-refractivity contribution < 1.29 is 4.52 Å². The van der Waals surface area contributed by atoms with Crippen LogP contribution in [-0.4, -0.2) is 21.7 Å². The lowest BCUT2D eigenvalue weighted by atomic mass is 10.1. The Morgan fingerprint density at radius 1 is 1.18 bits per heavy atom. The van der Waals surface area contributed by atoms with Crippen LogP contribution in [0, 0.1) is 0 Å². The highest BCUT2D eigenvalue weighted by Crippen LogP contribution is 2.30. The molecule has 4 rings (SSSR count). The van der Waals surface area contributed by atoms with Crippen LogP contribution in [0.4, 0.5) is 5.82 Å². The van der Waals surface area contributed by atoms with E-state index < -0.39 is 0 Å². The van der Waals surface area contributed by atoms with Crippen LogP contribution < -0.4 is 5.32 Å². The van der Waals surface area contributed by atoms with Crippen molar-refractivity contribution in [1.29, 1.82) is 0 Å². The third-order valence-electron chi connectivity index (χ3n) is 3.54. The van der Waals surface area contributed by atoms with Gasteiger partial charge < -0.3 is 9.84 Å². The Morgan fingerprint density at radius 2 is 2.09 bits per heavy atom. The lowest BCUT2D eigenvalue weighted by molar-refractivity contribution is 0.391. The van der Waals surface area contributed by atoms with Gasteiger partial charge in [-0.1, -0.05) is 23.4 Å². The molecule has 0 fully saturated rings. The van der Waals surface area contributed by atoms with Crippen molar-refractivity contribution in [2.24, 2.45) is 0 Å². The van der Waals surface area contributed by atoms with Crippen molar-refractivity contribution in [1.82, 2.24) is 15.1 Å². The molecule has 1 aliphatic heterocycles. The summed E-state index contributed by atoms with van der Waals surface area (Å²) in [5, 5.41) is 7.38. The Hall–Kier alpha value is -2.34. The Labute approximate surface area is 132 Å². The van der Waals surface area contributed by atoms with Gasteiger partial charge in [-0.3, -0.25) is 0 Å². The van der Waals surface area contributed by atoms with Crippen LogP contribution in [0.25, 0.3) is 11.4 Å². The summed E-state index contributed by atoms with van der Waals surface area (Å²) in [4.78, 5) is 10.0. The highest BCUT2D eigenvalue weighted by Gasteiger charge is 2.19. The summed E-state index contributed by atoms with van der Waals surface area (Å²) in [5.74, 6) is 2.89. The first-order valence-corrected chi connectivity index (χ1v) is 8.11. The second kappa shape index (κ2) is 5.81. The maximum Gasteiger partial charge on any atom is 0.237 e. The minimum absolute atomic E-state index is 0.639. The van der Waals surface area contributed by atoms with Gasteiger partial charge in [-0.2, -0.15) is 4.98 Å².